The maximum atomic E-state index is 10.1. The maximum absolute atomic E-state index is 10.1. The summed E-state index contributed by atoms with van der Waals surface area (Å²) in [4.78, 5) is 0. The smallest absolute Gasteiger partial charge is 0.0898 e. The molecule has 0 heterocycles. The largest absolute Gasteiger partial charge is 0.389 e. The Labute approximate surface area is 124 Å². The molecule has 0 saturated heterocycles. The van der Waals surface area contributed by atoms with Gasteiger partial charge in [-0.25, -0.2) is 0 Å². The van der Waals surface area contributed by atoms with Gasteiger partial charge in [-0.3, -0.25) is 0 Å². The van der Waals surface area contributed by atoms with Crippen LogP contribution < -0.4 is 5.32 Å². The van der Waals surface area contributed by atoms with Crippen LogP contribution in [-0.2, 0) is 4.74 Å². The topological polar surface area (TPSA) is 41.5 Å². The summed E-state index contributed by atoms with van der Waals surface area (Å²) < 4.78 is 5.88. The number of β-amino-alcohol motifs (C(OH)–C–C–N with tert-alkyl or cyclic N) is 1. The number of rotatable bonds is 6. The molecule has 0 aromatic heterocycles. The molecule has 1 unspecified atom stereocenters. The Bertz CT molecular complexity index is 268. The average molecular weight is 283 g/mol. The van der Waals surface area contributed by atoms with Crippen molar-refractivity contribution in [2.75, 3.05) is 13.2 Å². The first kappa shape index (κ1) is 16.3. The van der Waals surface area contributed by atoms with Gasteiger partial charge in [0.05, 0.1) is 18.8 Å². The monoisotopic (exact) mass is 283 g/mol. The predicted octanol–water partition coefficient (Wildman–Crippen LogP) is 3.26. The molecular formula is C17H33NO2. The lowest BCUT2D eigenvalue weighted by atomic mass is 9.83. The predicted molar refractivity (Wildman–Crippen MR) is 82.9 cm³/mol. The third kappa shape index (κ3) is 5.34. The summed E-state index contributed by atoms with van der Waals surface area (Å²) in [6, 6.07) is 0. The summed E-state index contributed by atoms with van der Waals surface area (Å²) in [5, 5.41) is 13.7. The van der Waals surface area contributed by atoms with E-state index in [0.717, 1.165) is 5.92 Å². The van der Waals surface area contributed by atoms with Crippen LogP contribution in [0.15, 0.2) is 0 Å². The van der Waals surface area contributed by atoms with Crippen LogP contribution in [0.25, 0.3) is 0 Å². The van der Waals surface area contributed by atoms with Crippen molar-refractivity contribution in [1.82, 2.24) is 5.32 Å². The molecule has 0 amide bonds. The average Bonchev–Trinajstić information content (AvgIpc) is 2.45. The first-order valence-corrected chi connectivity index (χ1v) is 8.62. The van der Waals surface area contributed by atoms with Gasteiger partial charge >= 0.3 is 0 Å². The highest BCUT2D eigenvalue weighted by molar-refractivity contribution is 4.86. The highest BCUT2D eigenvalue weighted by Gasteiger charge is 2.27. The zero-order valence-corrected chi connectivity index (χ0v) is 13.4. The fourth-order valence-electron chi connectivity index (χ4n) is 3.58. The van der Waals surface area contributed by atoms with Crippen LogP contribution in [-0.4, -0.2) is 36.0 Å². The van der Waals surface area contributed by atoms with Crippen LogP contribution in [0.5, 0.6) is 0 Å². The molecule has 118 valence electrons. The lowest BCUT2D eigenvalue weighted by Crippen LogP contribution is -2.48. The Morgan fingerprint density at radius 3 is 2.45 bits per heavy atom. The molecule has 3 heteroatoms. The molecule has 0 aliphatic heterocycles. The lowest BCUT2D eigenvalue weighted by Gasteiger charge is -2.35. The van der Waals surface area contributed by atoms with E-state index >= 15 is 0 Å². The number of ether oxygens (including phenoxy) is 1. The van der Waals surface area contributed by atoms with Gasteiger partial charge in [-0.05, 0) is 51.4 Å². The highest BCUT2D eigenvalue weighted by Crippen LogP contribution is 2.27. The maximum Gasteiger partial charge on any atom is 0.0898 e. The summed E-state index contributed by atoms with van der Waals surface area (Å²) in [6.45, 7) is 5.77. The van der Waals surface area contributed by atoms with Crippen molar-refractivity contribution in [3.05, 3.63) is 0 Å². The molecule has 2 aliphatic carbocycles. The van der Waals surface area contributed by atoms with Crippen LogP contribution in [0.4, 0.5) is 0 Å². The summed E-state index contributed by atoms with van der Waals surface area (Å²) in [6.07, 6.45) is 11.4. The minimum absolute atomic E-state index is 0.236. The molecule has 0 aromatic carbocycles. The molecule has 20 heavy (non-hydrogen) atoms. The van der Waals surface area contributed by atoms with Gasteiger partial charge in [-0.15, -0.1) is 0 Å². The molecule has 0 aromatic rings. The van der Waals surface area contributed by atoms with Gasteiger partial charge in [0.2, 0.25) is 0 Å². The third-order valence-electron chi connectivity index (χ3n) is 5.21. The van der Waals surface area contributed by atoms with Crippen LogP contribution in [0.3, 0.4) is 0 Å². The number of hydrogen-bond acceptors (Lipinski definition) is 3. The first-order valence-electron chi connectivity index (χ1n) is 8.62. The summed E-state index contributed by atoms with van der Waals surface area (Å²) in [7, 11) is 0. The van der Waals surface area contributed by atoms with E-state index in [4.69, 9.17) is 4.74 Å². The van der Waals surface area contributed by atoms with Crippen LogP contribution in [0, 0.1) is 5.92 Å². The fourth-order valence-corrected chi connectivity index (χ4v) is 3.58. The Kier molecular flexibility index (Phi) is 6.31. The van der Waals surface area contributed by atoms with Gasteiger partial charge in [0.1, 0.15) is 0 Å². The number of hydrogen-bond donors (Lipinski definition) is 2. The van der Waals surface area contributed by atoms with Crippen LogP contribution >= 0.6 is 0 Å². The second-order valence-electron chi connectivity index (χ2n) is 7.37. The molecule has 2 aliphatic rings. The quantitative estimate of drug-likeness (QED) is 0.786. The van der Waals surface area contributed by atoms with Crippen LogP contribution in [0.1, 0.15) is 71.6 Å². The van der Waals surface area contributed by atoms with E-state index in [2.05, 4.69) is 19.2 Å². The van der Waals surface area contributed by atoms with Crippen molar-refractivity contribution in [3.8, 4) is 0 Å². The van der Waals surface area contributed by atoms with E-state index in [1.54, 1.807) is 0 Å². The molecule has 0 radical (unpaired) electrons. The highest BCUT2D eigenvalue weighted by atomic mass is 16.5. The summed E-state index contributed by atoms with van der Waals surface area (Å²) in [5.41, 5.74) is 0.236. The zero-order valence-electron chi connectivity index (χ0n) is 13.4. The zero-order chi connectivity index (χ0) is 14.4. The summed E-state index contributed by atoms with van der Waals surface area (Å²) in [5.74, 6) is 0.854. The van der Waals surface area contributed by atoms with Gasteiger partial charge in [-0.2, -0.15) is 0 Å². The van der Waals surface area contributed by atoms with Gasteiger partial charge < -0.3 is 15.2 Å². The van der Waals surface area contributed by atoms with E-state index in [-0.39, 0.29) is 11.6 Å². The van der Waals surface area contributed by atoms with Gasteiger partial charge in [0.25, 0.3) is 0 Å². The van der Waals surface area contributed by atoms with E-state index in [0.29, 0.717) is 19.3 Å². The molecule has 2 rings (SSSR count). The van der Waals surface area contributed by atoms with E-state index in [1.807, 2.05) is 0 Å². The van der Waals surface area contributed by atoms with Crippen molar-refractivity contribution >= 4 is 0 Å². The molecule has 2 saturated carbocycles. The van der Waals surface area contributed by atoms with Crippen molar-refractivity contribution in [1.29, 1.82) is 0 Å². The van der Waals surface area contributed by atoms with Crippen molar-refractivity contribution in [2.45, 2.75) is 89.4 Å². The lowest BCUT2D eigenvalue weighted by molar-refractivity contribution is -0.0299. The molecule has 0 bridgehead atoms. The Hall–Kier alpha value is -0.120. The SMILES string of the molecule is CC1CCC(OCC(O)CNC2(C)CCCCC2)CC1. The Balaban J connectivity index is 1.59. The minimum Gasteiger partial charge on any atom is -0.389 e. The molecule has 2 fully saturated rings. The summed E-state index contributed by atoms with van der Waals surface area (Å²) >= 11 is 0. The fraction of sp³-hybridized carbons (Fsp3) is 1.00. The van der Waals surface area contributed by atoms with Gasteiger partial charge in [0, 0.05) is 12.1 Å². The molecular weight excluding hydrogens is 250 g/mol. The Morgan fingerprint density at radius 2 is 1.80 bits per heavy atom. The minimum atomic E-state index is -0.367. The van der Waals surface area contributed by atoms with E-state index < -0.39 is 0 Å². The van der Waals surface area contributed by atoms with Crippen molar-refractivity contribution in [3.63, 3.8) is 0 Å². The molecule has 3 nitrogen and oxygen atoms in total. The molecule has 2 N–H and O–H groups in total. The molecule has 1 atom stereocenters. The van der Waals surface area contributed by atoms with E-state index in [9.17, 15) is 5.11 Å². The van der Waals surface area contributed by atoms with Crippen molar-refractivity contribution in [2.24, 2.45) is 5.92 Å². The standard InChI is InChI=1S/C17H33NO2/c1-14-6-8-16(9-7-14)20-13-15(19)12-18-17(2)10-4-3-5-11-17/h14-16,18-19H,3-13H2,1-2H3. The van der Waals surface area contributed by atoms with E-state index in [1.165, 1.54) is 57.8 Å². The van der Waals surface area contributed by atoms with Gasteiger partial charge in [0.15, 0.2) is 0 Å². The molecule has 0 spiro atoms. The number of nitrogens with one attached hydrogen (secondary N) is 1. The third-order valence-corrected chi connectivity index (χ3v) is 5.21. The normalized spacial score (nSPS) is 31.9. The second-order valence-corrected chi connectivity index (χ2v) is 7.37. The second kappa shape index (κ2) is 7.77. The Morgan fingerprint density at radius 1 is 1.15 bits per heavy atom. The van der Waals surface area contributed by atoms with Crippen molar-refractivity contribution < 1.29 is 9.84 Å². The number of aliphatic hydroxyl groups excluding tert-OH is 1. The first-order chi connectivity index (χ1) is 9.57. The number of aliphatic hydroxyl groups is 1. The van der Waals surface area contributed by atoms with Crippen LogP contribution in [0.2, 0.25) is 0 Å². The van der Waals surface area contributed by atoms with Gasteiger partial charge in [-0.1, -0.05) is 26.2 Å².